The van der Waals surface area contributed by atoms with E-state index in [0.717, 1.165) is 24.9 Å². The van der Waals surface area contributed by atoms with Crippen molar-refractivity contribution in [2.45, 2.75) is 25.8 Å². The van der Waals surface area contributed by atoms with Gasteiger partial charge in [0, 0.05) is 35.4 Å². The summed E-state index contributed by atoms with van der Waals surface area (Å²) in [6.45, 7) is 2.81. The zero-order valence-corrected chi connectivity index (χ0v) is 23.3. The molecule has 0 saturated carbocycles. The molecule has 214 valence electrons. The smallest absolute Gasteiger partial charge is 0.284 e. The van der Waals surface area contributed by atoms with Crippen molar-refractivity contribution in [3.63, 3.8) is 0 Å². The van der Waals surface area contributed by atoms with Gasteiger partial charge in [-0.15, -0.1) is 0 Å². The lowest BCUT2D eigenvalue weighted by Gasteiger charge is -2.16. The molecule has 4 heterocycles. The fraction of sp³-hybridized carbons (Fsp3) is 0.233. The van der Waals surface area contributed by atoms with Gasteiger partial charge in [0.1, 0.15) is 35.7 Å². The fourth-order valence-corrected chi connectivity index (χ4v) is 4.98. The zero-order chi connectivity index (χ0) is 29.2. The SMILES string of the molecule is COc1cc(Oc2ccn3ncnc3c2)c(C)cc1Nc1ncnc2ccc(NC(=O)/C(F)=C\[C@H]3CCCN3C)cc12. The van der Waals surface area contributed by atoms with Crippen molar-refractivity contribution in [3.8, 4) is 17.2 Å². The van der Waals surface area contributed by atoms with Crippen LogP contribution in [0.1, 0.15) is 18.4 Å². The number of amides is 1. The molecular weight excluding hydrogens is 539 g/mol. The van der Waals surface area contributed by atoms with Gasteiger partial charge in [0.15, 0.2) is 11.5 Å². The molecule has 0 unspecified atom stereocenters. The molecule has 0 bridgehead atoms. The number of rotatable bonds is 8. The van der Waals surface area contributed by atoms with E-state index in [9.17, 15) is 9.18 Å². The van der Waals surface area contributed by atoms with Gasteiger partial charge in [-0.25, -0.2) is 23.9 Å². The number of benzene rings is 2. The Morgan fingerprint density at radius 3 is 2.79 bits per heavy atom. The molecule has 1 aliphatic rings. The molecule has 2 aromatic carbocycles. The summed E-state index contributed by atoms with van der Waals surface area (Å²) in [7, 11) is 3.49. The highest BCUT2D eigenvalue weighted by Gasteiger charge is 2.21. The van der Waals surface area contributed by atoms with Gasteiger partial charge in [0.05, 0.1) is 18.3 Å². The molecule has 3 aromatic heterocycles. The first-order valence-electron chi connectivity index (χ1n) is 13.4. The first kappa shape index (κ1) is 27.1. The Morgan fingerprint density at radius 1 is 1.10 bits per heavy atom. The van der Waals surface area contributed by atoms with E-state index < -0.39 is 11.7 Å². The van der Waals surface area contributed by atoms with Crippen LogP contribution in [0, 0.1) is 6.92 Å². The number of aryl methyl sites for hydroxylation is 1. The molecule has 12 heteroatoms. The number of aromatic nitrogens is 5. The zero-order valence-electron chi connectivity index (χ0n) is 23.3. The summed E-state index contributed by atoms with van der Waals surface area (Å²) in [6.07, 6.45) is 7.89. The second-order valence-electron chi connectivity index (χ2n) is 10.1. The van der Waals surface area contributed by atoms with Gasteiger partial charge in [0.2, 0.25) is 0 Å². The largest absolute Gasteiger partial charge is 0.494 e. The van der Waals surface area contributed by atoms with E-state index in [0.29, 0.717) is 51.0 Å². The van der Waals surface area contributed by atoms with Crippen molar-refractivity contribution in [2.24, 2.45) is 0 Å². The summed E-state index contributed by atoms with van der Waals surface area (Å²) >= 11 is 0. The van der Waals surface area contributed by atoms with E-state index in [1.807, 2.05) is 24.9 Å². The highest BCUT2D eigenvalue weighted by molar-refractivity contribution is 6.04. The fourth-order valence-electron chi connectivity index (χ4n) is 4.98. The molecule has 1 fully saturated rings. The van der Waals surface area contributed by atoms with Crippen molar-refractivity contribution in [2.75, 3.05) is 31.3 Å². The summed E-state index contributed by atoms with van der Waals surface area (Å²) in [4.78, 5) is 27.6. The normalized spacial score (nSPS) is 15.7. The second kappa shape index (κ2) is 11.4. The Bertz CT molecular complexity index is 1820. The van der Waals surface area contributed by atoms with E-state index in [4.69, 9.17) is 9.47 Å². The molecule has 6 rings (SSSR count). The number of nitrogens with zero attached hydrogens (tertiary/aromatic N) is 6. The molecule has 0 aliphatic carbocycles. The number of carbonyl (C=O) groups is 1. The molecule has 42 heavy (non-hydrogen) atoms. The third kappa shape index (κ3) is 5.56. The third-order valence-electron chi connectivity index (χ3n) is 7.26. The maximum Gasteiger partial charge on any atom is 0.284 e. The first-order chi connectivity index (χ1) is 20.4. The minimum atomic E-state index is -0.805. The van der Waals surface area contributed by atoms with Gasteiger partial charge in [0.25, 0.3) is 5.91 Å². The van der Waals surface area contributed by atoms with Crippen LogP contribution in [0.3, 0.4) is 0 Å². The maximum absolute atomic E-state index is 14.7. The Kier molecular flexibility index (Phi) is 7.36. The van der Waals surface area contributed by atoms with Gasteiger partial charge < -0.3 is 20.1 Å². The van der Waals surface area contributed by atoms with Crippen LogP contribution in [0.2, 0.25) is 0 Å². The number of hydrogen-bond donors (Lipinski definition) is 2. The average Bonchev–Trinajstić information content (AvgIpc) is 3.62. The monoisotopic (exact) mass is 568 g/mol. The number of hydrogen-bond acceptors (Lipinski definition) is 9. The van der Waals surface area contributed by atoms with Crippen LogP contribution in [0.4, 0.5) is 21.6 Å². The van der Waals surface area contributed by atoms with Crippen LogP contribution < -0.4 is 20.1 Å². The topological polar surface area (TPSA) is 119 Å². The number of likely N-dealkylation sites (tertiary alicyclic amines) is 1. The van der Waals surface area contributed by atoms with Gasteiger partial charge in [-0.05, 0) is 75.3 Å². The Hall–Kier alpha value is -5.10. The predicted molar refractivity (Wildman–Crippen MR) is 157 cm³/mol. The Morgan fingerprint density at radius 2 is 1.98 bits per heavy atom. The predicted octanol–water partition coefficient (Wildman–Crippen LogP) is 5.41. The molecule has 2 N–H and O–H groups in total. The van der Waals surface area contributed by atoms with Crippen molar-refractivity contribution < 1.29 is 18.7 Å². The molecular formula is C30H29FN8O3. The van der Waals surface area contributed by atoms with E-state index >= 15 is 0 Å². The van der Waals surface area contributed by atoms with Crippen molar-refractivity contribution in [1.29, 1.82) is 0 Å². The van der Waals surface area contributed by atoms with Crippen molar-refractivity contribution in [3.05, 3.63) is 78.8 Å². The number of nitrogens with one attached hydrogen (secondary N) is 2. The van der Waals surface area contributed by atoms with Crippen LogP contribution >= 0.6 is 0 Å². The summed E-state index contributed by atoms with van der Waals surface area (Å²) in [5.41, 5.74) is 3.24. The van der Waals surface area contributed by atoms with Gasteiger partial charge >= 0.3 is 0 Å². The standard InChI is InChI=1S/C30H29FN8O3/c1-18-11-25(27(41-3)15-26(18)42-21-8-10-39-28(14-21)33-17-35-39)37-29-22-12-19(6-7-24(22)32-16-34-29)36-30(40)23(31)13-20-5-4-9-38(20)2/h6-8,10-17,20H,4-5,9H2,1-3H3,(H,36,40)(H,32,34,37)/b23-13+/t20-/m1/s1. The van der Waals surface area contributed by atoms with Crippen LogP contribution in [0.25, 0.3) is 16.6 Å². The van der Waals surface area contributed by atoms with Gasteiger partial charge in [-0.3, -0.25) is 9.69 Å². The summed E-state index contributed by atoms with van der Waals surface area (Å²) in [6, 6.07) is 12.3. The molecule has 1 atom stereocenters. The minimum absolute atomic E-state index is 0.0794. The highest BCUT2D eigenvalue weighted by atomic mass is 19.1. The lowest BCUT2D eigenvalue weighted by Crippen LogP contribution is -2.24. The summed E-state index contributed by atoms with van der Waals surface area (Å²) in [5.74, 6) is 0.636. The second-order valence-corrected chi connectivity index (χ2v) is 10.1. The van der Waals surface area contributed by atoms with E-state index in [2.05, 4.69) is 30.7 Å². The number of methoxy groups -OCH3 is 1. The lowest BCUT2D eigenvalue weighted by molar-refractivity contribution is -0.114. The van der Waals surface area contributed by atoms with Gasteiger partial charge in [-0.2, -0.15) is 5.10 Å². The number of ether oxygens (including phenoxy) is 2. The molecule has 0 radical (unpaired) electrons. The number of pyridine rings is 1. The van der Waals surface area contributed by atoms with Gasteiger partial charge in [-0.1, -0.05) is 0 Å². The first-order valence-corrected chi connectivity index (χ1v) is 13.4. The summed E-state index contributed by atoms with van der Waals surface area (Å²) in [5, 5.41) is 10.7. The number of carbonyl (C=O) groups excluding carboxylic acids is 1. The molecule has 5 aromatic rings. The Labute approximate surface area is 241 Å². The molecule has 1 amide bonds. The summed E-state index contributed by atoms with van der Waals surface area (Å²) < 4.78 is 28.1. The lowest BCUT2D eigenvalue weighted by atomic mass is 10.1. The molecule has 0 spiro atoms. The number of anilines is 3. The van der Waals surface area contributed by atoms with Crippen molar-refractivity contribution in [1.82, 2.24) is 29.5 Å². The molecule has 11 nitrogen and oxygen atoms in total. The van der Waals surface area contributed by atoms with E-state index in [1.165, 1.54) is 18.7 Å². The van der Waals surface area contributed by atoms with Crippen LogP contribution in [-0.2, 0) is 4.79 Å². The van der Waals surface area contributed by atoms with Crippen molar-refractivity contribution >= 4 is 39.6 Å². The van der Waals surface area contributed by atoms with Crippen LogP contribution in [0.5, 0.6) is 17.2 Å². The Balaban J connectivity index is 1.24. The number of fused-ring (bicyclic) bond motifs is 2. The van der Waals surface area contributed by atoms with E-state index in [1.54, 1.807) is 54.2 Å². The molecule has 1 aliphatic heterocycles. The number of likely N-dealkylation sites (N-methyl/N-ethyl adjacent to an activating group) is 1. The molecule has 1 saturated heterocycles. The van der Waals surface area contributed by atoms with Crippen LogP contribution in [-0.4, -0.2) is 62.1 Å². The quantitative estimate of drug-likeness (QED) is 0.237. The number of halogens is 1. The minimum Gasteiger partial charge on any atom is -0.494 e. The highest BCUT2D eigenvalue weighted by Crippen LogP contribution is 2.37. The van der Waals surface area contributed by atoms with E-state index in [-0.39, 0.29) is 6.04 Å². The van der Waals surface area contributed by atoms with Crippen LogP contribution in [0.15, 0.2) is 73.2 Å². The average molecular weight is 569 g/mol. The maximum atomic E-state index is 14.7. The third-order valence-corrected chi connectivity index (χ3v) is 7.26.